The maximum atomic E-state index is 9.97. The first-order chi connectivity index (χ1) is 9.81. The molecule has 0 amide bonds. The molecule has 0 bridgehead atoms. The molecular formula is C16H27N3O2. The van der Waals surface area contributed by atoms with E-state index < -0.39 is 0 Å². The lowest BCUT2D eigenvalue weighted by Gasteiger charge is -2.55. The number of likely N-dealkylation sites (tertiary alicyclic amines) is 1. The van der Waals surface area contributed by atoms with E-state index in [1.165, 1.54) is 0 Å². The fourth-order valence-electron chi connectivity index (χ4n) is 3.60. The summed E-state index contributed by atoms with van der Waals surface area (Å²) in [6.07, 6.45) is 1.70. The predicted molar refractivity (Wildman–Crippen MR) is 80.9 cm³/mol. The molecule has 0 aromatic carbocycles. The maximum absolute atomic E-state index is 9.97. The van der Waals surface area contributed by atoms with Crippen LogP contribution in [0.4, 0.5) is 0 Å². The second-order valence-electron chi connectivity index (χ2n) is 7.81. The van der Waals surface area contributed by atoms with Crippen molar-refractivity contribution in [2.45, 2.75) is 64.2 Å². The molecule has 1 spiro atoms. The molecule has 1 aromatic heterocycles. The molecule has 5 heteroatoms. The number of hydrogen-bond donors (Lipinski definition) is 3. The summed E-state index contributed by atoms with van der Waals surface area (Å²) in [6, 6.07) is 2.15. The van der Waals surface area contributed by atoms with Crippen molar-refractivity contribution in [1.82, 2.24) is 15.1 Å². The van der Waals surface area contributed by atoms with Gasteiger partial charge in [-0.25, -0.2) is 0 Å². The maximum Gasteiger partial charge on any atom is 0.0678 e. The second-order valence-corrected chi connectivity index (χ2v) is 7.81. The average molecular weight is 293 g/mol. The normalized spacial score (nSPS) is 29.6. The fourth-order valence-corrected chi connectivity index (χ4v) is 3.60. The minimum absolute atomic E-state index is 0.0703. The highest BCUT2D eigenvalue weighted by Crippen LogP contribution is 2.49. The average Bonchev–Trinajstić information content (AvgIpc) is 2.88. The molecule has 118 valence electrons. The van der Waals surface area contributed by atoms with Crippen LogP contribution in [0.2, 0.25) is 0 Å². The van der Waals surface area contributed by atoms with E-state index in [1.54, 1.807) is 0 Å². The van der Waals surface area contributed by atoms with E-state index in [1.807, 2.05) is 0 Å². The Balaban J connectivity index is 1.57. The summed E-state index contributed by atoms with van der Waals surface area (Å²) in [5, 5.41) is 27.5. The van der Waals surface area contributed by atoms with Crippen LogP contribution in [0.5, 0.6) is 0 Å². The summed E-state index contributed by atoms with van der Waals surface area (Å²) in [7, 11) is 0. The van der Waals surface area contributed by atoms with Crippen LogP contribution in [0.15, 0.2) is 6.07 Å². The number of nitrogens with zero attached hydrogens (tertiary/aromatic N) is 2. The number of hydrogen-bond acceptors (Lipinski definition) is 4. The lowest BCUT2D eigenvalue weighted by molar-refractivity contribution is -0.190. The molecule has 2 heterocycles. The largest absolute Gasteiger partial charge is 0.392 e. The Morgan fingerprint density at radius 3 is 2.38 bits per heavy atom. The van der Waals surface area contributed by atoms with Crippen LogP contribution in [0.3, 0.4) is 0 Å². The summed E-state index contributed by atoms with van der Waals surface area (Å²) >= 11 is 0. The number of aliphatic hydroxyl groups excluding tert-OH is 2. The third-order valence-corrected chi connectivity index (χ3v) is 5.35. The molecule has 2 atom stereocenters. The summed E-state index contributed by atoms with van der Waals surface area (Å²) in [4.78, 5) is 2.38. The first-order valence-electron chi connectivity index (χ1n) is 7.94. The van der Waals surface area contributed by atoms with E-state index in [0.717, 1.165) is 43.9 Å². The third kappa shape index (κ3) is 2.62. The van der Waals surface area contributed by atoms with Crippen molar-refractivity contribution in [2.75, 3.05) is 13.1 Å². The number of H-pyrrole nitrogens is 1. The Morgan fingerprint density at radius 1 is 1.29 bits per heavy atom. The monoisotopic (exact) mass is 293 g/mol. The van der Waals surface area contributed by atoms with Gasteiger partial charge in [-0.15, -0.1) is 0 Å². The van der Waals surface area contributed by atoms with Gasteiger partial charge >= 0.3 is 0 Å². The van der Waals surface area contributed by atoms with E-state index in [9.17, 15) is 10.2 Å². The zero-order valence-corrected chi connectivity index (χ0v) is 13.3. The molecule has 1 aliphatic carbocycles. The van der Waals surface area contributed by atoms with Crippen LogP contribution in [0.25, 0.3) is 0 Å². The van der Waals surface area contributed by atoms with E-state index in [2.05, 4.69) is 41.9 Å². The minimum Gasteiger partial charge on any atom is -0.392 e. The first-order valence-corrected chi connectivity index (χ1v) is 7.94. The molecule has 3 N–H and O–H groups in total. The Hall–Kier alpha value is -0.910. The molecule has 2 fully saturated rings. The molecule has 2 unspecified atom stereocenters. The van der Waals surface area contributed by atoms with E-state index in [0.29, 0.717) is 6.42 Å². The van der Waals surface area contributed by atoms with Crippen LogP contribution >= 0.6 is 0 Å². The molecule has 0 radical (unpaired) electrons. The standard InChI is InChI=1S/C16H27N3O2/c1-15(2,3)12-8-11(17-18-12)10-19-6-4-16(5-7-19)13(20)9-14(16)21/h8,13-14,20-21H,4-7,9-10H2,1-3H3,(H,17,18). The number of aliphatic hydroxyl groups is 2. The number of aromatic nitrogens is 2. The number of nitrogens with one attached hydrogen (secondary N) is 1. The molecule has 1 aromatic rings. The molecule has 1 saturated carbocycles. The second kappa shape index (κ2) is 5.07. The number of aromatic amines is 1. The predicted octanol–water partition coefficient (Wildman–Crippen LogP) is 1.41. The summed E-state index contributed by atoms with van der Waals surface area (Å²) in [5.41, 5.74) is 2.09. The van der Waals surface area contributed by atoms with Gasteiger partial charge in [0.05, 0.1) is 17.9 Å². The Kier molecular flexibility index (Phi) is 3.62. The molecule has 5 nitrogen and oxygen atoms in total. The van der Waals surface area contributed by atoms with E-state index in [-0.39, 0.29) is 23.0 Å². The lowest BCUT2D eigenvalue weighted by atomic mass is 9.58. The van der Waals surface area contributed by atoms with Crippen LogP contribution < -0.4 is 0 Å². The molecule has 1 saturated heterocycles. The topological polar surface area (TPSA) is 72.4 Å². The van der Waals surface area contributed by atoms with Crippen molar-refractivity contribution >= 4 is 0 Å². The van der Waals surface area contributed by atoms with Gasteiger partial charge in [-0.1, -0.05) is 20.8 Å². The van der Waals surface area contributed by atoms with Crippen molar-refractivity contribution in [3.8, 4) is 0 Å². The molecular weight excluding hydrogens is 266 g/mol. The van der Waals surface area contributed by atoms with Crippen LogP contribution in [-0.2, 0) is 12.0 Å². The van der Waals surface area contributed by atoms with Crippen molar-refractivity contribution in [1.29, 1.82) is 0 Å². The highest BCUT2D eigenvalue weighted by Gasteiger charge is 2.54. The quantitative estimate of drug-likeness (QED) is 0.771. The van der Waals surface area contributed by atoms with E-state index in [4.69, 9.17) is 0 Å². The van der Waals surface area contributed by atoms with Gasteiger partial charge in [0.15, 0.2) is 0 Å². The number of piperidine rings is 1. The SMILES string of the molecule is CC(C)(C)c1cc(CN2CCC3(CC2)C(O)CC3O)[nH]n1. The molecule has 1 aliphatic heterocycles. The Labute approximate surface area is 126 Å². The lowest BCUT2D eigenvalue weighted by Crippen LogP contribution is -2.61. The van der Waals surface area contributed by atoms with Crippen molar-refractivity contribution in [3.05, 3.63) is 17.5 Å². The van der Waals surface area contributed by atoms with Crippen molar-refractivity contribution in [3.63, 3.8) is 0 Å². The molecule has 2 aliphatic rings. The van der Waals surface area contributed by atoms with Gasteiger partial charge in [-0.2, -0.15) is 5.10 Å². The Morgan fingerprint density at radius 2 is 1.90 bits per heavy atom. The van der Waals surface area contributed by atoms with Gasteiger partial charge in [0, 0.05) is 29.5 Å². The van der Waals surface area contributed by atoms with Crippen molar-refractivity contribution in [2.24, 2.45) is 5.41 Å². The highest BCUT2D eigenvalue weighted by molar-refractivity contribution is 5.16. The fraction of sp³-hybridized carbons (Fsp3) is 0.812. The third-order valence-electron chi connectivity index (χ3n) is 5.35. The van der Waals surface area contributed by atoms with Gasteiger partial charge in [0.25, 0.3) is 0 Å². The minimum atomic E-state index is -0.311. The summed E-state index contributed by atoms with van der Waals surface area (Å²) in [5.74, 6) is 0. The van der Waals surface area contributed by atoms with Gasteiger partial charge in [-0.05, 0) is 32.0 Å². The Bertz CT molecular complexity index is 488. The van der Waals surface area contributed by atoms with Crippen LogP contribution in [-0.4, -0.2) is 50.6 Å². The van der Waals surface area contributed by atoms with Gasteiger partial charge in [-0.3, -0.25) is 10.00 Å². The van der Waals surface area contributed by atoms with Gasteiger partial charge in [0.1, 0.15) is 0 Å². The first kappa shape index (κ1) is 15.0. The summed E-state index contributed by atoms with van der Waals surface area (Å²) < 4.78 is 0. The molecule has 21 heavy (non-hydrogen) atoms. The van der Waals surface area contributed by atoms with Crippen LogP contribution in [0, 0.1) is 5.41 Å². The number of rotatable bonds is 2. The highest BCUT2D eigenvalue weighted by atomic mass is 16.3. The smallest absolute Gasteiger partial charge is 0.0678 e. The zero-order chi connectivity index (χ0) is 15.3. The molecule has 3 rings (SSSR count). The van der Waals surface area contributed by atoms with Gasteiger partial charge in [0.2, 0.25) is 0 Å². The van der Waals surface area contributed by atoms with Crippen LogP contribution in [0.1, 0.15) is 51.4 Å². The van der Waals surface area contributed by atoms with Crippen molar-refractivity contribution < 1.29 is 10.2 Å². The zero-order valence-electron chi connectivity index (χ0n) is 13.3. The summed E-state index contributed by atoms with van der Waals surface area (Å²) in [6.45, 7) is 9.21. The van der Waals surface area contributed by atoms with E-state index >= 15 is 0 Å². The van der Waals surface area contributed by atoms with Gasteiger partial charge < -0.3 is 10.2 Å².